The molecular formula is C19H24N6O3S. The van der Waals surface area contributed by atoms with Crippen molar-refractivity contribution >= 4 is 34.0 Å². The molecule has 0 atom stereocenters. The minimum absolute atomic E-state index is 0.129. The fourth-order valence-electron chi connectivity index (χ4n) is 3.14. The highest BCUT2D eigenvalue weighted by Crippen LogP contribution is 2.31. The smallest absolute Gasteiger partial charge is 0.239 e. The standard InChI is InChI=1S/C19H24N6O3S/c1-12-8-16(23-28-12)21-17(26)10-24-4-6-25(7-5-24)11-18(27)22-19-15(9-20)13(2)14(3)29-19/h8H,4-7,10-11H2,1-3H3,(H,22,27)(H,21,23,26). The van der Waals surface area contributed by atoms with Crippen molar-refractivity contribution in [2.24, 2.45) is 0 Å². The van der Waals surface area contributed by atoms with Crippen LogP contribution in [-0.2, 0) is 9.59 Å². The van der Waals surface area contributed by atoms with E-state index >= 15 is 0 Å². The topological polar surface area (TPSA) is 114 Å². The number of thiophene rings is 1. The summed E-state index contributed by atoms with van der Waals surface area (Å²) in [6.45, 7) is 8.90. The minimum atomic E-state index is -0.142. The number of nitriles is 1. The molecule has 3 heterocycles. The van der Waals surface area contributed by atoms with Crippen LogP contribution in [0.5, 0.6) is 0 Å². The molecule has 0 unspecified atom stereocenters. The van der Waals surface area contributed by atoms with E-state index < -0.39 is 0 Å². The zero-order valence-corrected chi connectivity index (χ0v) is 17.6. The van der Waals surface area contributed by atoms with Crippen LogP contribution in [0, 0.1) is 32.1 Å². The van der Waals surface area contributed by atoms with Crippen LogP contribution in [0.3, 0.4) is 0 Å². The number of aryl methyl sites for hydroxylation is 2. The molecule has 0 saturated carbocycles. The van der Waals surface area contributed by atoms with Gasteiger partial charge >= 0.3 is 0 Å². The Morgan fingerprint density at radius 2 is 1.72 bits per heavy atom. The van der Waals surface area contributed by atoms with Crippen molar-refractivity contribution in [3.05, 3.63) is 27.8 Å². The van der Waals surface area contributed by atoms with Crippen molar-refractivity contribution in [2.75, 3.05) is 49.9 Å². The van der Waals surface area contributed by atoms with Crippen molar-refractivity contribution in [1.82, 2.24) is 15.0 Å². The van der Waals surface area contributed by atoms with E-state index in [-0.39, 0.29) is 24.9 Å². The number of aromatic nitrogens is 1. The molecule has 0 aliphatic carbocycles. The molecule has 2 aromatic heterocycles. The summed E-state index contributed by atoms with van der Waals surface area (Å²) in [5, 5.41) is 19.2. The molecule has 154 valence electrons. The van der Waals surface area contributed by atoms with Crippen molar-refractivity contribution in [3.63, 3.8) is 0 Å². The first-order valence-corrected chi connectivity index (χ1v) is 10.1. The lowest BCUT2D eigenvalue weighted by atomic mass is 10.2. The number of nitrogens with zero attached hydrogens (tertiary/aromatic N) is 4. The largest absolute Gasteiger partial charge is 0.360 e. The molecule has 0 bridgehead atoms. The SMILES string of the molecule is Cc1cc(NC(=O)CN2CCN(CC(=O)Nc3sc(C)c(C)c3C#N)CC2)no1. The lowest BCUT2D eigenvalue weighted by Crippen LogP contribution is -2.50. The van der Waals surface area contributed by atoms with E-state index in [4.69, 9.17) is 4.52 Å². The van der Waals surface area contributed by atoms with Crippen molar-refractivity contribution in [1.29, 1.82) is 5.26 Å². The van der Waals surface area contributed by atoms with Gasteiger partial charge in [0.25, 0.3) is 0 Å². The average molecular weight is 417 g/mol. The van der Waals surface area contributed by atoms with Crippen molar-refractivity contribution in [2.45, 2.75) is 20.8 Å². The highest BCUT2D eigenvalue weighted by molar-refractivity contribution is 7.16. The molecule has 29 heavy (non-hydrogen) atoms. The minimum Gasteiger partial charge on any atom is -0.360 e. The molecule has 10 heteroatoms. The van der Waals surface area contributed by atoms with E-state index in [1.165, 1.54) is 11.3 Å². The second-order valence-corrected chi connectivity index (χ2v) is 8.30. The summed E-state index contributed by atoms with van der Waals surface area (Å²) >= 11 is 1.43. The number of amides is 2. The fraction of sp³-hybridized carbons (Fsp3) is 0.474. The number of nitrogens with one attached hydrogen (secondary N) is 2. The molecule has 9 nitrogen and oxygen atoms in total. The Balaban J connectivity index is 1.42. The number of rotatable bonds is 6. The summed E-state index contributed by atoms with van der Waals surface area (Å²) in [5.74, 6) is 0.785. The van der Waals surface area contributed by atoms with Gasteiger partial charge in [-0.05, 0) is 26.3 Å². The van der Waals surface area contributed by atoms with Gasteiger partial charge in [-0.3, -0.25) is 19.4 Å². The Bertz CT molecular complexity index is 936. The number of hydrogen-bond acceptors (Lipinski definition) is 8. The molecule has 1 fully saturated rings. The van der Waals surface area contributed by atoms with Gasteiger partial charge in [-0.2, -0.15) is 5.26 Å². The normalized spacial score (nSPS) is 15.1. The highest BCUT2D eigenvalue weighted by atomic mass is 32.1. The lowest BCUT2D eigenvalue weighted by Gasteiger charge is -2.33. The van der Waals surface area contributed by atoms with E-state index in [1.807, 2.05) is 23.6 Å². The first-order valence-electron chi connectivity index (χ1n) is 9.33. The van der Waals surface area contributed by atoms with Crippen LogP contribution in [0.25, 0.3) is 0 Å². The number of carbonyl (C=O) groups excluding carboxylic acids is 2. The van der Waals surface area contributed by atoms with Crippen molar-refractivity contribution in [3.8, 4) is 6.07 Å². The number of hydrogen-bond donors (Lipinski definition) is 2. The van der Waals surface area contributed by atoms with Gasteiger partial charge < -0.3 is 15.2 Å². The van der Waals surface area contributed by atoms with Gasteiger partial charge in [0.15, 0.2) is 5.82 Å². The predicted octanol–water partition coefficient (Wildman–Crippen LogP) is 1.73. The summed E-state index contributed by atoms with van der Waals surface area (Å²) in [6, 6.07) is 3.83. The molecule has 1 aliphatic rings. The second-order valence-electron chi connectivity index (χ2n) is 7.07. The lowest BCUT2D eigenvalue weighted by molar-refractivity contribution is -0.120. The Kier molecular flexibility index (Phi) is 6.64. The fourth-order valence-corrected chi connectivity index (χ4v) is 4.16. The van der Waals surface area contributed by atoms with Crippen LogP contribution in [0.15, 0.2) is 10.6 Å². The molecule has 0 spiro atoms. The van der Waals surface area contributed by atoms with Gasteiger partial charge in [0.05, 0.1) is 18.7 Å². The van der Waals surface area contributed by atoms with Gasteiger partial charge in [-0.15, -0.1) is 11.3 Å². The molecule has 2 aromatic rings. The summed E-state index contributed by atoms with van der Waals surface area (Å²) in [6.07, 6.45) is 0. The third kappa shape index (κ3) is 5.41. The number of carbonyl (C=O) groups is 2. The molecular weight excluding hydrogens is 392 g/mol. The summed E-state index contributed by atoms with van der Waals surface area (Å²) in [5.41, 5.74) is 1.46. The molecule has 1 saturated heterocycles. The molecule has 3 rings (SSSR count). The van der Waals surface area contributed by atoms with Crippen LogP contribution in [0.1, 0.15) is 21.8 Å². The maximum absolute atomic E-state index is 12.4. The van der Waals surface area contributed by atoms with E-state index in [0.717, 1.165) is 10.4 Å². The third-order valence-electron chi connectivity index (χ3n) is 4.84. The molecule has 0 radical (unpaired) electrons. The van der Waals surface area contributed by atoms with Crippen molar-refractivity contribution < 1.29 is 14.1 Å². The first kappa shape index (κ1) is 21.0. The Morgan fingerprint density at radius 1 is 1.14 bits per heavy atom. The summed E-state index contributed by atoms with van der Waals surface area (Å²) in [4.78, 5) is 29.6. The van der Waals surface area contributed by atoms with Crippen LogP contribution in [0.2, 0.25) is 0 Å². The Labute approximate surface area is 173 Å². The number of piperazine rings is 1. The van der Waals surface area contributed by atoms with Crippen LogP contribution in [0.4, 0.5) is 10.8 Å². The zero-order chi connectivity index (χ0) is 21.0. The molecule has 2 amide bonds. The summed E-state index contributed by atoms with van der Waals surface area (Å²) in [7, 11) is 0. The van der Waals surface area contributed by atoms with E-state index in [2.05, 4.69) is 21.9 Å². The van der Waals surface area contributed by atoms with Gasteiger partial charge in [0.2, 0.25) is 11.8 Å². The Morgan fingerprint density at radius 3 is 2.24 bits per heavy atom. The maximum atomic E-state index is 12.4. The van der Waals surface area contributed by atoms with Gasteiger partial charge in [0, 0.05) is 37.1 Å². The van der Waals surface area contributed by atoms with Gasteiger partial charge in [-0.25, -0.2) is 0 Å². The first-order chi connectivity index (χ1) is 13.9. The molecule has 0 aromatic carbocycles. The van der Waals surface area contributed by atoms with Crippen LogP contribution in [-0.4, -0.2) is 66.0 Å². The average Bonchev–Trinajstić information content (AvgIpc) is 3.19. The molecule has 1 aliphatic heterocycles. The van der Waals surface area contributed by atoms with Crippen LogP contribution >= 0.6 is 11.3 Å². The van der Waals surface area contributed by atoms with E-state index in [1.54, 1.807) is 13.0 Å². The monoisotopic (exact) mass is 416 g/mol. The predicted molar refractivity (Wildman–Crippen MR) is 110 cm³/mol. The maximum Gasteiger partial charge on any atom is 0.239 e. The highest BCUT2D eigenvalue weighted by Gasteiger charge is 2.22. The number of anilines is 2. The van der Waals surface area contributed by atoms with Gasteiger partial charge in [0.1, 0.15) is 16.8 Å². The van der Waals surface area contributed by atoms with Gasteiger partial charge in [-0.1, -0.05) is 5.16 Å². The quantitative estimate of drug-likeness (QED) is 0.737. The zero-order valence-electron chi connectivity index (χ0n) is 16.7. The van der Waals surface area contributed by atoms with E-state index in [0.29, 0.717) is 48.3 Å². The third-order valence-corrected chi connectivity index (χ3v) is 5.97. The second kappa shape index (κ2) is 9.17. The molecule has 2 N–H and O–H groups in total. The summed E-state index contributed by atoms with van der Waals surface area (Å²) < 4.78 is 4.93. The Hall–Kier alpha value is -2.74. The van der Waals surface area contributed by atoms with Crippen LogP contribution < -0.4 is 10.6 Å². The van der Waals surface area contributed by atoms with E-state index in [9.17, 15) is 14.9 Å².